The smallest absolute Gasteiger partial charge is 0.326 e. The molecule has 38 heavy (non-hydrogen) atoms. The van der Waals surface area contributed by atoms with Crippen LogP contribution in [-0.2, 0) is 25.6 Å². The first-order valence-corrected chi connectivity index (χ1v) is 13.2. The number of carbonyl (C=O) groups excluding carboxylic acids is 3. The third-order valence-electron chi connectivity index (χ3n) is 5.35. The van der Waals surface area contributed by atoms with Crippen LogP contribution in [0.15, 0.2) is 29.3 Å². The van der Waals surface area contributed by atoms with Gasteiger partial charge < -0.3 is 48.5 Å². The first kappa shape index (κ1) is 32.5. The fraction of sp³-hybridized carbons (Fsp3) is 0.522. The molecular weight excluding hydrogens is 518 g/mol. The Morgan fingerprint density at radius 1 is 0.947 bits per heavy atom. The van der Waals surface area contributed by atoms with E-state index in [-0.39, 0.29) is 37.5 Å². The van der Waals surface area contributed by atoms with Crippen molar-refractivity contribution in [2.24, 2.45) is 22.2 Å². The van der Waals surface area contributed by atoms with Crippen molar-refractivity contribution in [3.63, 3.8) is 0 Å². The highest BCUT2D eigenvalue weighted by atomic mass is 32.2. The summed E-state index contributed by atoms with van der Waals surface area (Å²) in [5.41, 5.74) is 17.1. The number of phenolic OH excluding ortho intramolecular Hbond substituents is 1. The SMILES string of the molecule is CSCCC(NC(=O)C(CO)NC(=O)C(Cc1ccc(O)cc1)NC(=O)C(N)CCCN=C(N)N)C(=O)O. The summed E-state index contributed by atoms with van der Waals surface area (Å²) in [6.45, 7) is -0.543. The second-order valence-electron chi connectivity index (χ2n) is 8.41. The topological polar surface area (TPSA) is 255 Å². The van der Waals surface area contributed by atoms with Crippen LogP contribution < -0.4 is 33.2 Å². The fourth-order valence-electron chi connectivity index (χ4n) is 3.24. The number of hydrogen-bond donors (Lipinski definition) is 9. The van der Waals surface area contributed by atoms with Gasteiger partial charge in [-0.25, -0.2) is 4.79 Å². The average molecular weight is 556 g/mol. The van der Waals surface area contributed by atoms with Crippen molar-refractivity contribution in [2.75, 3.05) is 25.2 Å². The van der Waals surface area contributed by atoms with Crippen molar-refractivity contribution >= 4 is 41.4 Å². The lowest BCUT2D eigenvalue weighted by atomic mass is 10.0. The zero-order chi connectivity index (χ0) is 28.7. The lowest BCUT2D eigenvalue weighted by Gasteiger charge is -2.24. The van der Waals surface area contributed by atoms with Crippen LogP contribution in [0.3, 0.4) is 0 Å². The van der Waals surface area contributed by atoms with Gasteiger partial charge in [-0.2, -0.15) is 11.8 Å². The normalized spacial score (nSPS) is 13.9. The van der Waals surface area contributed by atoms with Gasteiger partial charge in [0.1, 0.15) is 23.9 Å². The number of aliphatic carboxylic acids is 1. The molecule has 0 spiro atoms. The van der Waals surface area contributed by atoms with E-state index in [1.54, 1.807) is 18.4 Å². The van der Waals surface area contributed by atoms with Crippen molar-refractivity contribution in [1.82, 2.24) is 16.0 Å². The van der Waals surface area contributed by atoms with Crippen molar-refractivity contribution in [2.45, 2.75) is 49.9 Å². The van der Waals surface area contributed by atoms with Crippen molar-refractivity contribution < 1.29 is 34.5 Å². The van der Waals surface area contributed by atoms with Crippen LogP contribution in [0.2, 0.25) is 0 Å². The van der Waals surface area contributed by atoms with E-state index in [4.69, 9.17) is 17.2 Å². The predicted molar refractivity (Wildman–Crippen MR) is 143 cm³/mol. The third-order valence-corrected chi connectivity index (χ3v) is 6.00. The van der Waals surface area contributed by atoms with Crippen LogP contribution >= 0.6 is 11.8 Å². The minimum absolute atomic E-state index is 0.00746. The molecule has 4 atom stereocenters. The zero-order valence-corrected chi connectivity index (χ0v) is 21.9. The number of aliphatic imine (C=N–C) groups is 1. The van der Waals surface area contributed by atoms with Crippen LogP contribution in [0, 0.1) is 0 Å². The summed E-state index contributed by atoms with van der Waals surface area (Å²) >= 11 is 1.40. The summed E-state index contributed by atoms with van der Waals surface area (Å²) < 4.78 is 0. The molecule has 0 heterocycles. The average Bonchev–Trinajstić information content (AvgIpc) is 2.87. The van der Waals surface area contributed by atoms with E-state index in [2.05, 4.69) is 20.9 Å². The van der Waals surface area contributed by atoms with Gasteiger partial charge in [0.15, 0.2) is 5.96 Å². The number of carboxylic acids is 1. The maximum Gasteiger partial charge on any atom is 0.326 e. The van der Waals surface area contributed by atoms with E-state index in [0.717, 1.165) is 0 Å². The van der Waals surface area contributed by atoms with E-state index in [9.17, 15) is 34.5 Å². The minimum Gasteiger partial charge on any atom is -0.508 e. The number of nitrogens with zero attached hydrogens (tertiary/aromatic N) is 1. The lowest BCUT2D eigenvalue weighted by molar-refractivity contribution is -0.142. The van der Waals surface area contributed by atoms with Crippen LogP contribution in [0.25, 0.3) is 0 Å². The molecule has 14 nitrogen and oxygen atoms in total. The number of rotatable bonds is 17. The maximum atomic E-state index is 13.1. The standard InChI is InChI=1S/C23H37N7O7S/c1-38-10-8-16(22(36)37)28-21(35)18(12-31)30-20(34)17(11-13-4-6-14(32)7-5-13)29-19(33)15(24)3-2-9-27-23(25)26/h4-7,15-18,31-32H,2-3,8-12,24H2,1H3,(H,28,35)(H,29,33)(H,30,34)(H,36,37)(H4,25,26,27). The summed E-state index contributed by atoms with van der Waals surface area (Å²) in [4.78, 5) is 53.7. The van der Waals surface area contributed by atoms with Gasteiger partial charge in [-0.1, -0.05) is 12.1 Å². The molecule has 0 aliphatic rings. The quantitative estimate of drug-likeness (QED) is 0.0556. The second-order valence-corrected chi connectivity index (χ2v) is 9.40. The Labute approximate surface area is 224 Å². The zero-order valence-electron chi connectivity index (χ0n) is 21.1. The van der Waals surface area contributed by atoms with Crippen LogP contribution in [-0.4, -0.2) is 94.3 Å². The van der Waals surface area contributed by atoms with Crippen LogP contribution in [0.4, 0.5) is 0 Å². The summed E-state index contributed by atoms with van der Waals surface area (Å²) in [6, 6.07) is 1.07. The Kier molecular flexibility index (Phi) is 14.6. The molecule has 0 bridgehead atoms. The number of aromatic hydroxyl groups is 1. The number of thioether (sulfide) groups is 1. The fourth-order valence-corrected chi connectivity index (χ4v) is 3.71. The Balaban J connectivity index is 2.96. The number of guanidine groups is 1. The first-order chi connectivity index (χ1) is 18.0. The van der Waals surface area contributed by atoms with E-state index in [1.807, 2.05) is 0 Å². The molecular formula is C23H37N7O7S. The minimum atomic E-state index is -1.47. The van der Waals surface area contributed by atoms with Gasteiger partial charge in [0.2, 0.25) is 17.7 Å². The van der Waals surface area contributed by atoms with Crippen molar-refractivity contribution in [1.29, 1.82) is 0 Å². The van der Waals surface area contributed by atoms with Crippen LogP contribution in [0.5, 0.6) is 5.75 Å². The number of carboxylic acid groups (broad SMARTS) is 1. The summed E-state index contributed by atoms with van der Waals surface area (Å²) in [6.07, 6.45) is 2.55. The molecule has 0 aromatic heterocycles. The molecule has 1 rings (SSSR count). The van der Waals surface area contributed by atoms with Gasteiger partial charge in [-0.15, -0.1) is 0 Å². The Morgan fingerprint density at radius 3 is 2.08 bits per heavy atom. The van der Waals surface area contributed by atoms with Crippen molar-refractivity contribution in [3.05, 3.63) is 29.8 Å². The number of aliphatic hydroxyl groups excluding tert-OH is 1. The van der Waals surface area contributed by atoms with E-state index < -0.39 is 54.5 Å². The monoisotopic (exact) mass is 555 g/mol. The molecule has 212 valence electrons. The number of benzene rings is 1. The molecule has 0 saturated heterocycles. The van der Waals surface area contributed by atoms with Crippen LogP contribution in [0.1, 0.15) is 24.8 Å². The molecule has 0 saturated carbocycles. The molecule has 0 fully saturated rings. The van der Waals surface area contributed by atoms with E-state index >= 15 is 0 Å². The molecule has 0 aliphatic heterocycles. The Morgan fingerprint density at radius 2 is 1.53 bits per heavy atom. The van der Waals surface area contributed by atoms with Gasteiger partial charge in [0.25, 0.3) is 0 Å². The van der Waals surface area contributed by atoms with E-state index in [0.29, 0.717) is 17.7 Å². The number of nitrogens with one attached hydrogen (secondary N) is 3. The molecule has 12 N–H and O–H groups in total. The second kappa shape index (κ2) is 17.0. The highest BCUT2D eigenvalue weighted by Crippen LogP contribution is 2.12. The predicted octanol–water partition coefficient (Wildman–Crippen LogP) is -2.40. The molecule has 1 aromatic carbocycles. The Hall–Kier alpha value is -3.56. The molecule has 0 radical (unpaired) electrons. The van der Waals surface area contributed by atoms with Gasteiger partial charge in [0.05, 0.1) is 12.6 Å². The molecule has 3 amide bonds. The lowest BCUT2D eigenvalue weighted by Crippen LogP contribution is -2.58. The number of carbonyl (C=O) groups is 4. The molecule has 0 aliphatic carbocycles. The highest BCUT2D eigenvalue weighted by molar-refractivity contribution is 7.98. The third kappa shape index (κ3) is 12.1. The summed E-state index contributed by atoms with van der Waals surface area (Å²) in [7, 11) is 0. The van der Waals surface area contributed by atoms with Gasteiger partial charge >= 0.3 is 5.97 Å². The Bertz CT molecular complexity index is 958. The largest absolute Gasteiger partial charge is 0.508 e. The number of aliphatic hydroxyl groups is 1. The summed E-state index contributed by atoms with van der Waals surface area (Å²) in [5, 5.41) is 35.8. The molecule has 4 unspecified atom stereocenters. The first-order valence-electron chi connectivity index (χ1n) is 11.8. The maximum absolute atomic E-state index is 13.1. The summed E-state index contributed by atoms with van der Waals surface area (Å²) in [5.74, 6) is -3.18. The number of nitrogens with two attached hydrogens (primary N) is 3. The number of amides is 3. The highest BCUT2D eigenvalue weighted by Gasteiger charge is 2.30. The van der Waals surface area contributed by atoms with Gasteiger partial charge in [0, 0.05) is 13.0 Å². The number of hydrogen-bond acceptors (Lipinski definition) is 9. The molecule has 1 aromatic rings. The van der Waals surface area contributed by atoms with Gasteiger partial charge in [-0.3, -0.25) is 19.4 Å². The van der Waals surface area contributed by atoms with Crippen molar-refractivity contribution in [3.8, 4) is 5.75 Å². The number of phenols is 1. The van der Waals surface area contributed by atoms with Gasteiger partial charge in [-0.05, 0) is 49.0 Å². The molecule has 15 heteroatoms. The van der Waals surface area contributed by atoms with E-state index in [1.165, 1.54) is 23.9 Å².